The van der Waals surface area contributed by atoms with Gasteiger partial charge in [-0.15, -0.1) is 0 Å². The minimum Gasteiger partial charge on any atom is -0.489 e. The largest absolute Gasteiger partial charge is 0.489 e. The van der Waals surface area contributed by atoms with Gasteiger partial charge in [0.05, 0.1) is 5.56 Å². The van der Waals surface area contributed by atoms with Crippen LogP contribution >= 0.6 is 0 Å². The molecule has 0 atom stereocenters. The lowest BCUT2D eigenvalue weighted by Crippen LogP contribution is -2.13. The van der Waals surface area contributed by atoms with E-state index < -0.39 is 11.7 Å². The van der Waals surface area contributed by atoms with Crippen LogP contribution in [0.3, 0.4) is 0 Å². The zero-order valence-corrected chi connectivity index (χ0v) is 14.7. The molecule has 3 aromatic carbocycles. The third kappa shape index (κ3) is 5.86. The van der Waals surface area contributed by atoms with Crippen molar-refractivity contribution in [2.24, 2.45) is 0 Å². The SMILES string of the molecule is FC(F)(F)c1cccc(CNCc2ccc(OCc3ccccc3)cc2)c1. The highest BCUT2D eigenvalue weighted by molar-refractivity contribution is 5.28. The van der Waals surface area contributed by atoms with Gasteiger partial charge in [-0.25, -0.2) is 0 Å². The van der Waals surface area contributed by atoms with Crippen molar-refractivity contribution < 1.29 is 17.9 Å². The molecule has 0 heterocycles. The van der Waals surface area contributed by atoms with Crippen molar-refractivity contribution >= 4 is 0 Å². The fourth-order valence-corrected chi connectivity index (χ4v) is 2.65. The zero-order chi connectivity index (χ0) is 19.1. The molecule has 0 aliphatic rings. The van der Waals surface area contributed by atoms with Gasteiger partial charge in [-0.2, -0.15) is 13.2 Å². The van der Waals surface area contributed by atoms with Crippen LogP contribution in [-0.4, -0.2) is 0 Å². The van der Waals surface area contributed by atoms with Gasteiger partial charge in [0.25, 0.3) is 0 Å². The first-order valence-electron chi connectivity index (χ1n) is 8.63. The van der Waals surface area contributed by atoms with E-state index in [-0.39, 0.29) is 0 Å². The molecule has 0 aromatic heterocycles. The molecule has 140 valence electrons. The maximum Gasteiger partial charge on any atom is 0.416 e. The van der Waals surface area contributed by atoms with Gasteiger partial charge in [0.1, 0.15) is 12.4 Å². The smallest absolute Gasteiger partial charge is 0.416 e. The molecule has 27 heavy (non-hydrogen) atoms. The summed E-state index contributed by atoms with van der Waals surface area (Å²) >= 11 is 0. The summed E-state index contributed by atoms with van der Waals surface area (Å²) in [7, 11) is 0. The number of ether oxygens (including phenoxy) is 1. The summed E-state index contributed by atoms with van der Waals surface area (Å²) < 4.78 is 43.9. The lowest BCUT2D eigenvalue weighted by atomic mass is 10.1. The monoisotopic (exact) mass is 371 g/mol. The molecule has 0 saturated carbocycles. The van der Waals surface area contributed by atoms with Crippen LogP contribution in [0.25, 0.3) is 0 Å². The van der Waals surface area contributed by atoms with Crippen LogP contribution in [0.1, 0.15) is 22.3 Å². The van der Waals surface area contributed by atoms with Gasteiger partial charge in [0.2, 0.25) is 0 Å². The van der Waals surface area contributed by atoms with E-state index >= 15 is 0 Å². The second-order valence-corrected chi connectivity index (χ2v) is 6.22. The number of hydrogen-bond acceptors (Lipinski definition) is 2. The predicted octanol–water partition coefficient (Wildman–Crippen LogP) is 5.57. The van der Waals surface area contributed by atoms with Crippen LogP contribution in [0.15, 0.2) is 78.9 Å². The number of halogens is 3. The number of nitrogens with one attached hydrogen (secondary N) is 1. The first kappa shape index (κ1) is 19.0. The Bertz CT molecular complexity index is 845. The van der Waals surface area contributed by atoms with Crippen molar-refractivity contribution in [2.75, 3.05) is 0 Å². The van der Waals surface area contributed by atoms with Crippen molar-refractivity contribution in [2.45, 2.75) is 25.9 Å². The van der Waals surface area contributed by atoms with E-state index in [1.807, 2.05) is 54.6 Å². The van der Waals surface area contributed by atoms with Crippen molar-refractivity contribution in [3.8, 4) is 5.75 Å². The summed E-state index contributed by atoms with van der Waals surface area (Å²) in [6.07, 6.45) is -4.31. The average molecular weight is 371 g/mol. The molecule has 0 bridgehead atoms. The summed E-state index contributed by atoms with van der Waals surface area (Å²) in [5, 5.41) is 3.17. The van der Waals surface area contributed by atoms with Gasteiger partial charge in [-0.1, -0.05) is 60.7 Å². The first-order valence-corrected chi connectivity index (χ1v) is 8.63. The lowest BCUT2D eigenvalue weighted by Gasteiger charge is -2.10. The third-order valence-corrected chi connectivity index (χ3v) is 4.08. The minimum atomic E-state index is -4.31. The Hall–Kier alpha value is -2.79. The fraction of sp³-hybridized carbons (Fsp3) is 0.182. The standard InChI is InChI=1S/C22H20F3NO/c23-22(24,25)20-8-4-7-19(13-20)15-26-14-17-9-11-21(12-10-17)27-16-18-5-2-1-3-6-18/h1-13,26H,14-16H2. The number of benzene rings is 3. The average Bonchev–Trinajstić information content (AvgIpc) is 2.68. The Labute approximate surface area is 156 Å². The number of hydrogen-bond donors (Lipinski definition) is 1. The Kier molecular flexibility index (Phi) is 6.14. The molecule has 0 fully saturated rings. The summed E-state index contributed by atoms with van der Waals surface area (Å²) in [6, 6.07) is 23.0. The van der Waals surface area contributed by atoms with E-state index in [4.69, 9.17) is 4.74 Å². The first-order chi connectivity index (χ1) is 13.0. The van der Waals surface area contributed by atoms with Gasteiger partial charge in [0, 0.05) is 13.1 Å². The minimum absolute atomic E-state index is 0.371. The van der Waals surface area contributed by atoms with Crippen LogP contribution in [0.5, 0.6) is 5.75 Å². The molecule has 0 unspecified atom stereocenters. The Balaban J connectivity index is 1.48. The summed E-state index contributed by atoms with van der Waals surface area (Å²) in [6.45, 7) is 1.44. The molecule has 1 N–H and O–H groups in total. The molecule has 0 amide bonds. The van der Waals surface area contributed by atoms with Gasteiger partial charge in [-0.3, -0.25) is 0 Å². The molecule has 3 aromatic rings. The van der Waals surface area contributed by atoms with E-state index in [9.17, 15) is 13.2 Å². The quantitative estimate of drug-likeness (QED) is 0.586. The van der Waals surface area contributed by atoms with Crippen LogP contribution < -0.4 is 10.1 Å². The highest BCUT2D eigenvalue weighted by Crippen LogP contribution is 2.29. The fourth-order valence-electron chi connectivity index (χ4n) is 2.65. The van der Waals surface area contributed by atoms with Crippen LogP contribution in [-0.2, 0) is 25.9 Å². The maximum atomic E-state index is 12.7. The molecule has 3 rings (SSSR count). The molecule has 0 aliphatic heterocycles. The number of alkyl halides is 3. The van der Waals surface area contributed by atoms with Crippen molar-refractivity contribution in [3.05, 3.63) is 101 Å². The van der Waals surface area contributed by atoms with Gasteiger partial charge in [0.15, 0.2) is 0 Å². The van der Waals surface area contributed by atoms with E-state index in [2.05, 4.69) is 5.32 Å². The molecular formula is C22H20F3NO. The second-order valence-electron chi connectivity index (χ2n) is 6.22. The van der Waals surface area contributed by atoms with Crippen molar-refractivity contribution in [3.63, 3.8) is 0 Å². The molecule has 0 saturated heterocycles. The van der Waals surface area contributed by atoms with Crippen LogP contribution in [0, 0.1) is 0 Å². The molecule has 0 radical (unpaired) electrons. The van der Waals surface area contributed by atoms with Crippen LogP contribution in [0.2, 0.25) is 0 Å². The Morgan fingerprint density at radius 3 is 2.07 bits per heavy atom. The summed E-state index contributed by atoms with van der Waals surface area (Å²) in [5.41, 5.74) is 2.12. The summed E-state index contributed by atoms with van der Waals surface area (Å²) in [4.78, 5) is 0. The van der Waals surface area contributed by atoms with Crippen LogP contribution in [0.4, 0.5) is 13.2 Å². The van der Waals surface area contributed by atoms with Crippen molar-refractivity contribution in [1.82, 2.24) is 5.32 Å². The molecule has 0 spiro atoms. The van der Waals surface area contributed by atoms with Gasteiger partial charge in [-0.05, 0) is 34.9 Å². The van der Waals surface area contributed by atoms with Crippen molar-refractivity contribution in [1.29, 1.82) is 0 Å². The van der Waals surface area contributed by atoms with Gasteiger partial charge >= 0.3 is 6.18 Å². The molecule has 0 aliphatic carbocycles. The zero-order valence-electron chi connectivity index (χ0n) is 14.7. The predicted molar refractivity (Wildman–Crippen MR) is 99.2 cm³/mol. The third-order valence-electron chi connectivity index (χ3n) is 4.08. The normalized spacial score (nSPS) is 11.4. The Morgan fingerprint density at radius 1 is 0.704 bits per heavy atom. The Morgan fingerprint density at radius 2 is 1.37 bits per heavy atom. The highest BCUT2D eigenvalue weighted by Gasteiger charge is 2.30. The van der Waals surface area contributed by atoms with E-state index in [0.29, 0.717) is 25.3 Å². The lowest BCUT2D eigenvalue weighted by molar-refractivity contribution is -0.137. The van der Waals surface area contributed by atoms with Gasteiger partial charge < -0.3 is 10.1 Å². The second kappa shape index (κ2) is 8.73. The number of rotatable bonds is 7. The van der Waals surface area contributed by atoms with E-state index in [1.165, 1.54) is 12.1 Å². The topological polar surface area (TPSA) is 21.3 Å². The summed E-state index contributed by atoms with van der Waals surface area (Å²) in [5.74, 6) is 0.778. The van der Waals surface area contributed by atoms with E-state index in [0.717, 1.165) is 22.9 Å². The molecule has 5 heteroatoms. The van der Waals surface area contributed by atoms with E-state index in [1.54, 1.807) is 6.07 Å². The molecule has 2 nitrogen and oxygen atoms in total. The highest BCUT2D eigenvalue weighted by atomic mass is 19.4. The maximum absolute atomic E-state index is 12.7. The molecular weight excluding hydrogens is 351 g/mol.